The topological polar surface area (TPSA) is 91.8 Å². The molecule has 0 aliphatic rings. The highest BCUT2D eigenvalue weighted by molar-refractivity contribution is 5.66. The lowest BCUT2D eigenvalue weighted by molar-refractivity contribution is -0.137. The molecule has 3 aromatic heterocycles. The quantitative estimate of drug-likeness (QED) is 0.306. The Morgan fingerprint density at radius 2 is 1.85 bits per heavy atom. The molecule has 1 aromatic carbocycles. The minimum Gasteiger partial charge on any atom is -0.470 e. The average molecular weight is 470 g/mol. The molecule has 34 heavy (non-hydrogen) atoms. The van der Waals surface area contributed by atoms with Crippen molar-refractivity contribution in [1.82, 2.24) is 29.7 Å². The molecule has 11 heteroatoms. The second-order valence-corrected chi connectivity index (χ2v) is 7.38. The molecule has 0 bridgehead atoms. The monoisotopic (exact) mass is 470 g/mol. The van der Waals surface area contributed by atoms with Gasteiger partial charge in [0.05, 0.1) is 23.7 Å². The van der Waals surface area contributed by atoms with Crippen LogP contribution in [0.1, 0.15) is 41.2 Å². The number of hydrogen-bond acceptors (Lipinski definition) is 7. The van der Waals surface area contributed by atoms with Crippen LogP contribution in [-0.4, -0.2) is 29.7 Å². The fourth-order valence-electron chi connectivity index (χ4n) is 3.04. The summed E-state index contributed by atoms with van der Waals surface area (Å²) in [4.78, 5) is 16.8. The van der Waals surface area contributed by atoms with Crippen LogP contribution in [0.15, 0.2) is 60.0 Å². The van der Waals surface area contributed by atoms with E-state index in [2.05, 4.69) is 25.0 Å². The molecule has 176 valence electrons. The first-order chi connectivity index (χ1) is 16.5. The predicted octanol–water partition coefficient (Wildman–Crippen LogP) is 4.85. The van der Waals surface area contributed by atoms with Crippen LogP contribution in [0, 0.1) is 0 Å². The molecular weight excluding hydrogens is 449 g/mol. The molecule has 0 aliphatic heterocycles. The van der Waals surface area contributed by atoms with Gasteiger partial charge < -0.3 is 9.15 Å². The van der Waals surface area contributed by atoms with Crippen LogP contribution in [0.2, 0.25) is 0 Å². The van der Waals surface area contributed by atoms with Crippen LogP contribution in [0.25, 0.3) is 12.2 Å². The van der Waals surface area contributed by atoms with Gasteiger partial charge in [0.1, 0.15) is 31.2 Å². The summed E-state index contributed by atoms with van der Waals surface area (Å²) in [7, 11) is 0. The second-order valence-electron chi connectivity index (χ2n) is 7.38. The highest BCUT2D eigenvalue weighted by atomic mass is 19.4. The highest BCUT2D eigenvalue weighted by Gasteiger charge is 2.29. The first kappa shape index (κ1) is 23.1. The molecule has 4 aromatic rings. The summed E-state index contributed by atoms with van der Waals surface area (Å²) in [6, 6.07) is 4.82. The van der Waals surface area contributed by atoms with E-state index in [0.717, 1.165) is 43.6 Å². The molecule has 0 unspecified atom stereocenters. The maximum Gasteiger partial charge on any atom is 0.416 e. The van der Waals surface area contributed by atoms with Crippen molar-refractivity contribution in [3.05, 3.63) is 84.0 Å². The molecule has 0 aliphatic carbocycles. The van der Waals surface area contributed by atoms with Crippen LogP contribution < -0.4 is 4.74 Å². The summed E-state index contributed by atoms with van der Waals surface area (Å²) < 4.78 is 50.6. The number of hydrogen-bond donors (Lipinski definition) is 0. The lowest BCUT2D eigenvalue weighted by atomic mass is 10.1. The first-order valence-electron chi connectivity index (χ1n) is 10.5. The molecule has 0 spiro atoms. The second kappa shape index (κ2) is 10.7. The summed E-state index contributed by atoms with van der Waals surface area (Å²) >= 11 is 0. The van der Waals surface area contributed by atoms with Crippen molar-refractivity contribution < 1.29 is 22.3 Å². The van der Waals surface area contributed by atoms with Gasteiger partial charge in [0.15, 0.2) is 0 Å². The zero-order valence-corrected chi connectivity index (χ0v) is 18.0. The van der Waals surface area contributed by atoms with Gasteiger partial charge in [-0.1, -0.05) is 12.1 Å². The number of nitrogens with zero attached hydrogens (tertiary/aromatic N) is 6. The molecular formula is C23H21F3N6O2. The summed E-state index contributed by atoms with van der Waals surface area (Å²) in [6.07, 6.45) is 9.47. The van der Waals surface area contributed by atoms with E-state index >= 15 is 0 Å². The SMILES string of the molecule is FC(F)(F)c1ccc(C=Cc2nc(COc3cnc(CCCCn4cncn4)cn3)co2)cc1. The minimum atomic E-state index is -4.36. The van der Waals surface area contributed by atoms with Crippen LogP contribution in [0.3, 0.4) is 0 Å². The first-order valence-corrected chi connectivity index (χ1v) is 10.5. The average Bonchev–Trinajstić information content (AvgIpc) is 3.52. The van der Waals surface area contributed by atoms with Crippen molar-refractivity contribution in [2.75, 3.05) is 0 Å². The van der Waals surface area contributed by atoms with Crippen molar-refractivity contribution in [3.8, 4) is 5.88 Å². The van der Waals surface area contributed by atoms with Gasteiger partial charge in [-0.25, -0.2) is 15.0 Å². The van der Waals surface area contributed by atoms with E-state index < -0.39 is 11.7 Å². The van der Waals surface area contributed by atoms with Crippen molar-refractivity contribution in [1.29, 1.82) is 0 Å². The molecule has 3 heterocycles. The molecule has 0 amide bonds. The van der Waals surface area contributed by atoms with E-state index in [9.17, 15) is 13.2 Å². The number of aryl methyl sites for hydroxylation is 2. The van der Waals surface area contributed by atoms with Crippen LogP contribution in [-0.2, 0) is 25.7 Å². The van der Waals surface area contributed by atoms with Crippen molar-refractivity contribution >= 4 is 12.2 Å². The Hall–Kier alpha value is -4.02. The van der Waals surface area contributed by atoms with Gasteiger partial charge >= 0.3 is 6.18 Å². The summed E-state index contributed by atoms with van der Waals surface area (Å²) in [5.74, 6) is 0.682. The molecule has 0 saturated heterocycles. The molecule has 0 atom stereocenters. The van der Waals surface area contributed by atoms with E-state index in [-0.39, 0.29) is 6.61 Å². The molecule has 4 rings (SSSR count). The summed E-state index contributed by atoms with van der Waals surface area (Å²) in [5.41, 5.74) is 1.33. The van der Waals surface area contributed by atoms with Crippen molar-refractivity contribution in [3.63, 3.8) is 0 Å². The van der Waals surface area contributed by atoms with Gasteiger partial charge in [0.25, 0.3) is 0 Å². The highest BCUT2D eigenvalue weighted by Crippen LogP contribution is 2.29. The number of benzene rings is 1. The zero-order chi connectivity index (χ0) is 23.8. The number of ether oxygens (including phenoxy) is 1. The van der Waals surface area contributed by atoms with Crippen molar-refractivity contribution in [2.45, 2.75) is 38.6 Å². The third kappa shape index (κ3) is 6.74. The van der Waals surface area contributed by atoms with E-state index in [1.165, 1.54) is 24.7 Å². The molecule has 0 N–H and O–H groups in total. The number of unbranched alkanes of at least 4 members (excludes halogenated alkanes) is 1. The standard InChI is InChI=1S/C23H21F3N6O2/c24-23(25,26)18-7-4-17(5-8-18)6-9-21-31-20(13-33-21)14-34-22-12-28-19(11-29-22)3-1-2-10-32-16-27-15-30-32/h4-9,11-13,15-16H,1-3,10,14H2. The maximum atomic E-state index is 12.6. The smallest absolute Gasteiger partial charge is 0.416 e. The summed E-state index contributed by atoms with van der Waals surface area (Å²) in [5, 5.41) is 4.06. The van der Waals surface area contributed by atoms with Gasteiger partial charge in [0, 0.05) is 12.6 Å². The van der Waals surface area contributed by atoms with Crippen LogP contribution in [0.5, 0.6) is 5.88 Å². The Labute approximate surface area is 193 Å². The van der Waals surface area contributed by atoms with E-state index in [4.69, 9.17) is 9.15 Å². The van der Waals surface area contributed by atoms with Gasteiger partial charge in [0.2, 0.25) is 11.8 Å². The van der Waals surface area contributed by atoms with E-state index in [1.807, 2.05) is 0 Å². The molecule has 0 saturated carbocycles. The predicted molar refractivity (Wildman–Crippen MR) is 116 cm³/mol. The third-order valence-corrected chi connectivity index (χ3v) is 4.81. The normalized spacial score (nSPS) is 11.9. The van der Waals surface area contributed by atoms with Crippen molar-refractivity contribution in [2.24, 2.45) is 0 Å². The van der Waals surface area contributed by atoms with Gasteiger partial charge in [-0.2, -0.15) is 18.3 Å². The van der Waals surface area contributed by atoms with E-state index in [1.54, 1.807) is 35.6 Å². The number of aromatic nitrogens is 6. The molecule has 8 nitrogen and oxygen atoms in total. The Kier molecular flexibility index (Phi) is 7.31. The Bertz CT molecular complexity index is 1190. The van der Waals surface area contributed by atoms with Crippen LogP contribution in [0.4, 0.5) is 13.2 Å². The minimum absolute atomic E-state index is 0.142. The number of halogens is 3. The fraction of sp³-hybridized carbons (Fsp3) is 0.261. The maximum absolute atomic E-state index is 12.6. The summed E-state index contributed by atoms with van der Waals surface area (Å²) in [6.45, 7) is 0.956. The van der Waals surface area contributed by atoms with Gasteiger partial charge in [-0.15, -0.1) is 0 Å². The lowest BCUT2D eigenvalue weighted by Crippen LogP contribution is -2.03. The third-order valence-electron chi connectivity index (χ3n) is 4.81. The zero-order valence-electron chi connectivity index (χ0n) is 18.0. The fourth-order valence-corrected chi connectivity index (χ4v) is 3.04. The van der Waals surface area contributed by atoms with Gasteiger partial charge in [-0.05, 0) is 43.0 Å². The lowest BCUT2D eigenvalue weighted by Gasteiger charge is -2.05. The van der Waals surface area contributed by atoms with E-state index in [0.29, 0.717) is 23.0 Å². The molecule has 0 radical (unpaired) electrons. The number of oxazole rings is 1. The molecule has 0 fully saturated rings. The number of rotatable bonds is 10. The largest absolute Gasteiger partial charge is 0.470 e. The Morgan fingerprint density at radius 1 is 1.00 bits per heavy atom. The van der Waals surface area contributed by atoms with Crippen LogP contribution >= 0.6 is 0 Å². The number of alkyl halides is 3. The Morgan fingerprint density at radius 3 is 2.56 bits per heavy atom. The Balaban J connectivity index is 1.21. The van der Waals surface area contributed by atoms with Gasteiger partial charge in [-0.3, -0.25) is 9.67 Å².